The first-order valence-electron chi connectivity index (χ1n) is 45.7. The van der Waals surface area contributed by atoms with Crippen molar-refractivity contribution in [2.24, 2.45) is 40.7 Å². The van der Waals surface area contributed by atoms with E-state index in [1.807, 2.05) is 32.8 Å². The zero-order chi connectivity index (χ0) is 100. The molecule has 6 heterocycles. The number of likely N-dealkylation sites (N-methyl/N-ethyl adjacent to an activating group) is 1. The molecule has 134 heavy (non-hydrogen) atoms. The van der Waals surface area contributed by atoms with Crippen molar-refractivity contribution < 1.29 is 152 Å². The van der Waals surface area contributed by atoms with E-state index in [2.05, 4.69) is 20.3 Å². The average Bonchev–Trinajstić information content (AvgIpc) is 1.58. The Labute approximate surface area is 778 Å². The molecule has 4 saturated heterocycles. The first kappa shape index (κ1) is 112. The van der Waals surface area contributed by atoms with E-state index in [4.69, 9.17) is 38.0 Å². The predicted molar refractivity (Wildman–Crippen MR) is 474 cm³/mol. The lowest BCUT2D eigenvalue weighted by atomic mass is 9.75. The predicted octanol–water partition coefficient (Wildman–Crippen LogP) is 8.32. The SMILES string of the molecule is CC[C@H]1OC(=O)[C@H](C)[C@@H](O)[C@H](C)[C@@H](O)[C@](C)(O)C[C@@H](C)CN(CCCN2C(=O)c3c(F)c(F)c(F)c(F)c3C2=O)[C@H](C)[C@@H](O)[C@]1(C)O.CC[C@H]1OC(=O)[C@H](C)[C@@H](O[C@H]2C[C@@](C)(OC)[C@@H](O)[C@H](C)O2)C[C@@H](O[C@@H]2O[C@H](C)C[C@H](N(C)C)[C@H]2O)[C@](C)(O)C[C@@H](C)/C(=N\OCCCCCCNC(=O)CNS(=O)(=O)c2ccc(-n3nc(C(F)(F)F)cc3-c3ccc(C)cc3)cc2)[C@H](C)[C@@H](O)[C@]1(C)O. The van der Waals surface area contributed by atoms with Gasteiger partial charge < -0.3 is 99.3 Å². The van der Waals surface area contributed by atoms with Crippen molar-refractivity contribution >= 4 is 45.4 Å². The van der Waals surface area contributed by atoms with E-state index in [1.165, 1.54) is 66.0 Å². The zero-order valence-electron chi connectivity index (χ0n) is 80.0. The van der Waals surface area contributed by atoms with Gasteiger partial charge in [0.15, 0.2) is 41.5 Å². The number of fused-ring (bicyclic) bond motifs is 1. The summed E-state index contributed by atoms with van der Waals surface area (Å²) in [5, 5.41) is 127. The van der Waals surface area contributed by atoms with E-state index >= 15 is 0 Å². The zero-order valence-corrected chi connectivity index (χ0v) is 80.8. The van der Waals surface area contributed by atoms with E-state index in [9.17, 15) is 114 Å². The van der Waals surface area contributed by atoms with Crippen molar-refractivity contribution in [1.29, 1.82) is 0 Å². The van der Waals surface area contributed by atoms with E-state index < -0.39 is 248 Å². The van der Waals surface area contributed by atoms with Crippen molar-refractivity contribution in [2.75, 3.05) is 60.5 Å². The minimum absolute atomic E-state index is 0.00678. The molecule has 0 unspecified atom stereocenters. The van der Waals surface area contributed by atoms with Gasteiger partial charge in [0.05, 0.1) is 111 Å². The Balaban J connectivity index is 0.000000395. The number of benzene rings is 3. The van der Waals surface area contributed by atoms with Crippen LogP contribution in [0.2, 0.25) is 0 Å². The van der Waals surface area contributed by atoms with Gasteiger partial charge in [0.1, 0.15) is 48.3 Å². The summed E-state index contributed by atoms with van der Waals surface area (Å²) in [5.41, 5.74) is -10.3. The Morgan fingerprint density at radius 1 is 0.664 bits per heavy atom. The molecule has 9 rings (SSSR count). The van der Waals surface area contributed by atoms with Crippen LogP contribution in [0.1, 0.15) is 220 Å². The number of cyclic esters (lactones) is 2. The van der Waals surface area contributed by atoms with E-state index in [-0.39, 0.29) is 105 Å². The van der Waals surface area contributed by atoms with Gasteiger partial charge in [-0.3, -0.25) is 33.8 Å². The monoisotopic (exact) mass is 1930 g/mol. The second-order valence-electron chi connectivity index (χ2n) is 38.3. The number of sulfonamides is 1. The van der Waals surface area contributed by atoms with Crippen molar-refractivity contribution in [1.82, 2.24) is 34.5 Å². The van der Waals surface area contributed by atoms with Crippen LogP contribution < -0.4 is 10.0 Å². The number of aryl methyl sites for hydroxylation is 1. The van der Waals surface area contributed by atoms with Crippen LogP contribution in [0.5, 0.6) is 0 Å². The van der Waals surface area contributed by atoms with Gasteiger partial charge in [-0.25, -0.2) is 35.4 Å². The molecule has 41 heteroatoms. The van der Waals surface area contributed by atoms with Gasteiger partial charge in [-0.05, 0) is 184 Å². The number of carbonyl (C=O) groups excluding carboxylic acids is 5. The normalized spacial score (nSPS) is 34.9. The number of alkyl halides is 3. The summed E-state index contributed by atoms with van der Waals surface area (Å²) in [6, 6.07) is 11.6. The lowest BCUT2D eigenvalue weighted by Gasteiger charge is -2.47. The highest BCUT2D eigenvalue weighted by molar-refractivity contribution is 7.89. The molecule has 0 bridgehead atoms. The number of aromatic nitrogens is 2. The number of hydrogen-bond acceptors (Lipinski definition) is 29. The van der Waals surface area contributed by atoms with E-state index in [1.54, 1.807) is 98.4 Å². The fourth-order valence-electron chi connectivity index (χ4n) is 18.6. The standard InChI is InChI=1S/C61H93F3N6O16S.C32H46F4N2O9/c1-14-48-60(10,77)54(73)39(6)52(36(3)32-58(8,76)49(86-57-53(72)45(69(11)12)29-37(4)82-57)31-46(38(5)56(75)85-48)84-51-33-59(9,80-13)55(74)40(7)83-51)68-81-28-18-16-15-17-27-65-50(71)34-66-87(78,79)43-25-23-42(24-26-43)70-44(30-47(67-70)61(62,63)64)41-21-19-35(2)20-22-41;1-8-18-32(7,46)27(41)17(5)37(13-14(2)12-31(6,45)26(40)15(3)25(39)16(4)30(44)47-18)10-9-11-38-28(42)19-20(29(38)43)22(34)24(36)23(35)21(19)33/h19-26,30,36-40,45-46,48-49,51,53-55,57,66,72-74,76-77H,14-18,27-29,31-34H2,1-13H3,(H,65,71);14-18,25-27,39-41,45-46H,8-13H2,1-7H3/b68-52+;/t36-,37-,38-,39+,40+,45+,46+,48-,49-,51+,53-,54-,55+,57+,58-,59-,60-;14-,15+,16-,17-,18-,25+,26-,27-,31-,32-/m11/s1. The molecule has 0 saturated carbocycles. The summed E-state index contributed by atoms with van der Waals surface area (Å²) in [6.07, 6.45) is -18.5. The molecule has 5 aliphatic heterocycles. The molecule has 27 atom stereocenters. The summed E-state index contributed by atoms with van der Waals surface area (Å²) >= 11 is 0. The van der Waals surface area contributed by atoms with Gasteiger partial charge >= 0.3 is 18.1 Å². The van der Waals surface area contributed by atoms with Crippen molar-refractivity contribution in [3.8, 4) is 16.9 Å². The molecule has 0 radical (unpaired) electrons. The molecular formula is C93H139F7N8O25S. The molecule has 5 aliphatic rings. The van der Waals surface area contributed by atoms with Crippen LogP contribution in [0.15, 0.2) is 64.6 Å². The smallest absolute Gasteiger partial charge is 0.435 e. The lowest BCUT2D eigenvalue weighted by Crippen LogP contribution is -2.59. The molecular weight excluding hydrogens is 1790 g/mol. The molecule has 1 aromatic heterocycles. The topological polar surface area (TPSA) is 460 Å². The van der Waals surface area contributed by atoms with E-state index in [0.29, 0.717) is 42.6 Å². The molecule has 4 aromatic rings. The highest BCUT2D eigenvalue weighted by Crippen LogP contribution is 2.43. The fraction of sp³-hybridized carbons (Fsp3) is 0.710. The summed E-state index contributed by atoms with van der Waals surface area (Å²) in [4.78, 5) is 75.5. The second kappa shape index (κ2) is 46.1. The minimum Gasteiger partial charge on any atom is -0.459 e. The summed E-state index contributed by atoms with van der Waals surface area (Å²) in [5.74, 6) is -18.6. The number of imide groups is 1. The molecule has 3 amide bonds. The molecule has 756 valence electrons. The first-order chi connectivity index (χ1) is 62.2. The number of esters is 2. The maximum Gasteiger partial charge on any atom is 0.435 e. The molecule has 0 spiro atoms. The van der Waals surface area contributed by atoms with Gasteiger partial charge in [0.25, 0.3) is 11.8 Å². The van der Waals surface area contributed by atoms with Gasteiger partial charge in [0, 0.05) is 81.5 Å². The molecule has 33 nitrogen and oxygen atoms in total. The van der Waals surface area contributed by atoms with Crippen LogP contribution in [0.25, 0.3) is 16.9 Å². The molecule has 3 aromatic carbocycles. The Morgan fingerprint density at radius 3 is 1.79 bits per heavy atom. The third kappa shape index (κ3) is 26.4. The number of nitrogens with zero attached hydrogens (tertiary/aromatic N) is 6. The number of aliphatic hydroxyl groups excluding tert-OH is 6. The largest absolute Gasteiger partial charge is 0.459 e. The first-order valence-corrected chi connectivity index (χ1v) is 47.2. The maximum absolute atomic E-state index is 14.4. The minimum atomic E-state index is -4.72. The van der Waals surface area contributed by atoms with Crippen LogP contribution >= 0.6 is 0 Å². The number of hydrogen-bond donors (Lipinski definition) is 12. The number of carbonyl (C=O) groups is 5. The van der Waals surface area contributed by atoms with Crippen LogP contribution in [0, 0.1) is 65.7 Å². The fourth-order valence-corrected chi connectivity index (χ4v) is 19.6. The van der Waals surface area contributed by atoms with Gasteiger partial charge in [0.2, 0.25) is 15.9 Å². The summed E-state index contributed by atoms with van der Waals surface area (Å²) < 4.78 is 170. The Hall–Kier alpha value is -7.37. The van der Waals surface area contributed by atoms with E-state index in [0.717, 1.165) is 16.3 Å². The number of oxime groups is 1. The Morgan fingerprint density at radius 2 is 1.23 bits per heavy atom. The number of halogens is 7. The second-order valence-corrected chi connectivity index (χ2v) is 40.1. The number of unbranched alkanes of at least 4 members (excludes halogenated alkanes) is 3. The number of aliphatic hydroxyl groups is 10. The number of amides is 3. The van der Waals surface area contributed by atoms with Crippen LogP contribution in [0.3, 0.4) is 0 Å². The number of nitrogens with one attached hydrogen (secondary N) is 2. The number of rotatable bonds is 26. The lowest BCUT2D eigenvalue weighted by molar-refractivity contribution is -0.307. The third-order valence-corrected chi connectivity index (χ3v) is 28.5. The molecule has 4 fully saturated rings. The molecule has 12 N–H and O–H groups in total. The Bertz CT molecular complexity index is 4720. The highest BCUT2D eigenvalue weighted by atomic mass is 32.2. The van der Waals surface area contributed by atoms with Crippen LogP contribution in [-0.4, -0.2) is 306 Å². The third-order valence-electron chi connectivity index (χ3n) is 27.1. The van der Waals surface area contributed by atoms with Crippen LogP contribution in [-0.2, 0) is 68.6 Å². The van der Waals surface area contributed by atoms with Crippen molar-refractivity contribution in [3.05, 3.63) is 100 Å². The van der Waals surface area contributed by atoms with Crippen molar-refractivity contribution in [3.63, 3.8) is 0 Å². The highest BCUT2D eigenvalue weighted by Gasteiger charge is 2.55. The van der Waals surface area contributed by atoms with Gasteiger partial charge in [-0.1, -0.05) is 82.9 Å². The van der Waals surface area contributed by atoms with Crippen LogP contribution in [0.4, 0.5) is 30.7 Å². The average molecular weight is 1930 g/mol. The quantitative estimate of drug-likeness (QED) is 0.00534. The summed E-state index contributed by atoms with van der Waals surface area (Å²) in [7, 11) is 0.933. The number of ether oxygens (including phenoxy) is 7. The molecule has 0 aliphatic carbocycles. The van der Waals surface area contributed by atoms with Crippen molar-refractivity contribution in [2.45, 2.75) is 332 Å². The number of methoxy groups -OCH3 is 1. The van der Waals surface area contributed by atoms with Gasteiger partial charge in [-0.2, -0.15) is 18.3 Å². The summed E-state index contributed by atoms with van der Waals surface area (Å²) in [6.45, 7) is 26.7. The van der Waals surface area contributed by atoms with Gasteiger partial charge in [-0.15, -0.1) is 0 Å². The maximum atomic E-state index is 14.4. The Kier molecular flexibility index (Phi) is 38.5.